The average molecular weight is 404 g/mol. The van der Waals surface area contributed by atoms with E-state index in [0.717, 1.165) is 6.20 Å². The Morgan fingerprint density at radius 2 is 1.96 bits per heavy atom. The van der Waals surface area contributed by atoms with E-state index in [2.05, 4.69) is 10.1 Å². The Labute approximate surface area is 156 Å². The molecule has 28 heavy (non-hydrogen) atoms. The Bertz CT molecular complexity index is 913. The topological polar surface area (TPSA) is 66.7 Å². The minimum absolute atomic E-state index is 0.150. The van der Waals surface area contributed by atoms with Gasteiger partial charge in [0.1, 0.15) is 18.1 Å². The van der Waals surface area contributed by atoms with Crippen molar-refractivity contribution in [2.75, 3.05) is 6.54 Å². The van der Waals surface area contributed by atoms with E-state index in [0.29, 0.717) is 30.8 Å². The molecule has 4 atom stereocenters. The number of ether oxygens (including phenoxy) is 1. The molecular weight excluding hydrogens is 387 g/mol. The first-order valence-electron chi connectivity index (χ1n) is 8.57. The zero-order chi connectivity index (χ0) is 20.4. The quantitative estimate of drug-likeness (QED) is 0.629. The Kier molecular flexibility index (Phi) is 4.25. The van der Waals surface area contributed by atoms with Crippen LogP contribution in [0.5, 0.6) is 0 Å². The van der Waals surface area contributed by atoms with Crippen molar-refractivity contribution >= 4 is 0 Å². The molecule has 2 aliphatic heterocycles. The van der Waals surface area contributed by atoms with Crippen LogP contribution in [0.15, 0.2) is 18.5 Å². The minimum Gasteiger partial charge on any atom is -0.378 e. The lowest BCUT2D eigenvalue weighted by Gasteiger charge is -2.31. The lowest BCUT2D eigenvalue weighted by molar-refractivity contribution is -0.259. The van der Waals surface area contributed by atoms with E-state index in [1.807, 2.05) is 6.92 Å². The van der Waals surface area contributed by atoms with Gasteiger partial charge >= 0.3 is 6.18 Å². The molecule has 1 saturated heterocycles. The van der Waals surface area contributed by atoms with Gasteiger partial charge in [0.05, 0.1) is 18.1 Å². The van der Waals surface area contributed by atoms with Gasteiger partial charge in [-0.1, -0.05) is 6.92 Å². The molecule has 6 nitrogen and oxygen atoms in total. The number of fused-ring (bicyclic) bond motifs is 1. The van der Waals surface area contributed by atoms with Gasteiger partial charge < -0.3 is 9.84 Å². The number of hydrogen-bond acceptors (Lipinski definition) is 5. The number of pyridine rings is 1. The molecule has 4 rings (SSSR count). The lowest BCUT2D eigenvalue weighted by atomic mass is 9.96. The summed E-state index contributed by atoms with van der Waals surface area (Å²) in [6, 6.07) is 0.706. The van der Waals surface area contributed by atoms with E-state index >= 15 is 0 Å². The van der Waals surface area contributed by atoms with Crippen molar-refractivity contribution in [3.8, 4) is 5.82 Å². The Morgan fingerprint density at radius 3 is 2.61 bits per heavy atom. The second-order valence-corrected chi connectivity index (χ2v) is 7.35. The van der Waals surface area contributed by atoms with E-state index in [1.165, 1.54) is 10.9 Å². The van der Waals surface area contributed by atoms with Crippen molar-refractivity contribution < 1.29 is 31.8 Å². The van der Waals surface area contributed by atoms with Crippen molar-refractivity contribution in [3.05, 3.63) is 41.4 Å². The molecule has 1 fully saturated rings. The zero-order valence-electron chi connectivity index (χ0n) is 14.9. The lowest BCUT2D eigenvalue weighted by Crippen LogP contribution is -2.50. The maximum atomic E-state index is 14.1. The standard InChI is InChI=1S/C17H17F5N4O2/c1-8-6-25(15-13(28-15)16(2,27)17(20,21)22)7-9-4-24-26(12(8)9)14-11(19)3-10(18)5-23-14/h3-5,8,13,15,27H,6-7H2,1-2H3/t8-,13?,15?,16-/m1/s1. The van der Waals surface area contributed by atoms with Crippen molar-refractivity contribution in [2.24, 2.45) is 0 Å². The van der Waals surface area contributed by atoms with Gasteiger partial charge in [-0.2, -0.15) is 18.3 Å². The molecule has 2 aromatic rings. The van der Waals surface area contributed by atoms with Crippen LogP contribution in [-0.4, -0.2) is 55.4 Å². The Morgan fingerprint density at radius 1 is 1.25 bits per heavy atom. The molecule has 4 heterocycles. The summed E-state index contributed by atoms with van der Waals surface area (Å²) in [6.07, 6.45) is -4.71. The maximum Gasteiger partial charge on any atom is 0.419 e. The second kappa shape index (κ2) is 6.19. The fourth-order valence-corrected chi connectivity index (χ4v) is 3.64. The summed E-state index contributed by atoms with van der Waals surface area (Å²) in [5.74, 6) is -2.07. The fourth-order valence-electron chi connectivity index (χ4n) is 3.64. The number of aliphatic hydroxyl groups is 1. The Balaban J connectivity index is 1.58. The second-order valence-electron chi connectivity index (χ2n) is 7.35. The van der Waals surface area contributed by atoms with Crippen LogP contribution in [0.4, 0.5) is 22.0 Å². The van der Waals surface area contributed by atoms with E-state index in [1.54, 1.807) is 4.90 Å². The summed E-state index contributed by atoms with van der Waals surface area (Å²) < 4.78 is 72.7. The normalized spacial score (nSPS) is 27.4. The monoisotopic (exact) mass is 404 g/mol. The first-order valence-corrected chi connectivity index (χ1v) is 8.57. The molecule has 152 valence electrons. The van der Waals surface area contributed by atoms with E-state index in [-0.39, 0.29) is 18.3 Å². The molecule has 0 radical (unpaired) electrons. The number of aromatic nitrogens is 3. The number of nitrogens with zero attached hydrogens (tertiary/aromatic N) is 4. The SMILES string of the molecule is C[C@@H]1CN(C2OC2[C@@](C)(O)C(F)(F)F)Cc2cnn(-c3ncc(F)cc3F)c21. The predicted molar refractivity (Wildman–Crippen MR) is 85.4 cm³/mol. The van der Waals surface area contributed by atoms with Gasteiger partial charge in [-0.05, 0) is 6.92 Å². The average Bonchev–Trinajstić information content (AvgIpc) is 3.28. The Hall–Kier alpha value is -2.11. The highest BCUT2D eigenvalue weighted by molar-refractivity contribution is 5.34. The zero-order valence-corrected chi connectivity index (χ0v) is 14.9. The number of epoxide rings is 1. The van der Waals surface area contributed by atoms with Crippen LogP contribution >= 0.6 is 0 Å². The van der Waals surface area contributed by atoms with Crippen molar-refractivity contribution in [1.29, 1.82) is 0 Å². The molecule has 2 aliphatic rings. The maximum absolute atomic E-state index is 14.1. The van der Waals surface area contributed by atoms with Gasteiger partial charge in [-0.15, -0.1) is 0 Å². The minimum atomic E-state index is -4.81. The smallest absolute Gasteiger partial charge is 0.378 e. The van der Waals surface area contributed by atoms with Crippen molar-refractivity contribution in [1.82, 2.24) is 19.7 Å². The highest BCUT2D eigenvalue weighted by atomic mass is 19.4. The van der Waals surface area contributed by atoms with Gasteiger partial charge in [0.2, 0.25) is 0 Å². The third kappa shape index (κ3) is 2.97. The molecule has 0 aromatic carbocycles. The van der Waals surface area contributed by atoms with Crippen molar-refractivity contribution in [2.45, 2.75) is 50.4 Å². The van der Waals surface area contributed by atoms with Crippen LogP contribution in [0.25, 0.3) is 5.82 Å². The van der Waals surface area contributed by atoms with Gasteiger partial charge in [-0.25, -0.2) is 18.4 Å². The van der Waals surface area contributed by atoms with Crippen LogP contribution < -0.4 is 0 Å². The largest absolute Gasteiger partial charge is 0.419 e. The van der Waals surface area contributed by atoms with Crippen LogP contribution in [-0.2, 0) is 11.3 Å². The summed E-state index contributed by atoms with van der Waals surface area (Å²) in [5.41, 5.74) is -1.63. The summed E-state index contributed by atoms with van der Waals surface area (Å²) in [4.78, 5) is 5.43. The first kappa shape index (κ1) is 19.2. The molecular formula is C17H17F5N4O2. The van der Waals surface area contributed by atoms with E-state index < -0.39 is 35.7 Å². The molecule has 2 aromatic heterocycles. The van der Waals surface area contributed by atoms with Crippen LogP contribution in [0.3, 0.4) is 0 Å². The molecule has 0 aliphatic carbocycles. The predicted octanol–water partition coefficient (Wildman–Crippen LogP) is 2.50. The highest BCUT2D eigenvalue weighted by Gasteiger charge is 2.66. The summed E-state index contributed by atoms with van der Waals surface area (Å²) in [7, 11) is 0. The fraction of sp³-hybridized carbons (Fsp3) is 0.529. The van der Waals surface area contributed by atoms with E-state index in [9.17, 15) is 27.1 Å². The molecule has 0 bridgehead atoms. The summed E-state index contributed by atoms with van der Waals surface area (Å²) in [6.45, 7) is 3.04. The van der Waals surface area contributed by atoms with Gasteiger partial charge in [-0.3, -0.25) is 4.90 Å². The molecule has 2 unspecified atom stereocenters. The highest BCUT2D eigenvalue weighted by Crippen LogP contribution is 2.45. The van der Waals surface area contributed by atoms with Crippen LogP contribution in [0, 0.1) is 11.6 Å². The van der Waals surface area contributed by atoms with Gasteiger partial charge in [0, 0.05) is 30.6 Å². The number of halogens is 5. The summed E-state index contributed by atoms with van der Waals surface area (Å²) >= 11 is 0. The van der Waals surface area contributed by atoms with Crippen molar-refractivity contribution in [3.63, 3.8) is 0 Å². The molecule has 0 spiro atoms. The van der Waals surface area contributed by atoms with Gasteiger partial charge in [0.25, 0.3) is 0 Å². The van der Waals surface area contributed by atoms with Crippen LogP contribution in [0.1, 0.15) is 31.0 Å². The third-order valence-electron chi connectivity index (χ3n) is 5.18. The van der Waals surface area contributed by atoms with Crippen LogP contribution in [0.2, 0.25) is 0 Å². The van der Waals surface area contributed by atoms with Gasteiger partial charge in [0.15, 0.2) is 17.2 Å². The number of rotatable bonds is 3. The number of alkyl halides is 3. The third-order valence-corrected chi connectivity index (χ3v) is 5.18. The summed E-state index contributed by atoms with van der Waals surface area (Å²) in [5, 5.41) is 13.9. The first-order chi connectivity index (χ1) is 13.0. The molecule has 0 saturated carbocycles. The molecule has 0 amide bonds. The molecule has 1 N–H and O–H groups in total. The van der Waals surface area contributed by atoms with E-state index in [4.69, 9.17) is 4.74 Å². The number of hydrogen-bond donors (Lipinski definition) is 1. The molecule has 11 heteroatoms.